The lowest BCUT2D eigenvalue weighted by Crippen LogP contribution is -2.59. The zero-order chi connectivity index (χ0) is 14.8. The maximum absolute atomic E-state index is 6.03. The molecule has 0 bridgehead atoms. The highest BCUT2D eigenvalue weighted by molar-refractivity contribution is 8.01. The van der Waals surface area contributed by atoms with E-state index < -0.39 is 0 Å². The molecule has 2 aromatic heterocycles. The van der Waals surface area contributed by atoms with Crippen LogP contribution in [0.1, 0.15) is 12.1 Å². The van der Waals surface area contributed by atoms with Crippen LogP contribution < -0.4 is 4.90 Å². The largest absolute Gasteiger partial charge is 0.371 e. The van der Waals surface area contributed by atoms with Gasteiger partial charge in [0.15, 0.2) is 0 Å². The number of anilines is 1. The second kappa shape index (κ2) is 5.85. The van der Waals surface area contributed by atoms with Crippen LogP contribution >= 0.6 is 11.8 Å². The highest BCUT2D eigenvalue weighted by Crippen LogP contribution is 2.46. The van der Waals surface area contributed by atoms with Crippen molar-refractivity contribution >= 4 is 17.7 Å². The minimum atomic E-state index is 0.325. The molecule has 1 spiro atoms. The summed E-state index contributed by atoms with van der Waals surface area (Å²) in [5.74, 6) is 1.91. The first-order valence-corrected chi connectivity index (χ1v) is 8.49. The van der Waals surface area contributed by atoms with E-state index in [1.165, 1.54) is 0 Å². The van der Waals surface area contributed by atoms with Crippen molar-refractivity contribution in [2.75, 3.05) is 23.7 Å². The zero-order valence-corrected chi connectivity index (χ0v) is 13.1. The minimum absolute atomic E-state index is 0.325. The molecule has 4 heterocycles. The van der Waals surface area contributed by atoms with Crippen molar-refractivity contribution < 1.29 is 4.74 Å². The fraction of sp³-hybridized carbons (Fsp3) is 0.438. The van der Waals surface area contributed by atoms with Crippen LogP contribution in [0.25, 0.3) is 0 Å². The van der Waals surface area contributed by atoms with Crippen molar-refractivity contribution in [3.8, 4) is 0 Å². The summed E-state index contributed by atoms with van der Waals surface area (Å²) in [6, 6.07) is 7.79. The number of ether oxygens (including phenoxy) is 1. The van der Waals surface area contributed by atoms with Crippen LogP contribution in [0.5, 0.6) is 0 Å². The van der Waals surface area contributed by atoms with Gasteiger partial charge in [0.05, 0.1) is 23.2 Å². The summed E-state index contributed by atoms with van der Waals surface area (Å²) in [5.41, 5.74) is 1.00. The van der Waals surface area contributed by atoms with Crippen molar-refractivity contribution in [1.29, 1.82) is 0 Å². The standard InChI is InChI=1S/C16H18N4OS/c1-2-5-17-13(4-1)9-21-14-8-16(22-10-14)11-20(12-16)15-18-6-3-7-19-15/h1-7,14H,8-12H2/t14-/m1/s1. The molecule has 2 aromatic rings. The first kappa shape index (κ1) is 14.0. The molecule has 2 aliphatic rings. The number of hydrogen-bond acceptors (Lipinski definition) is 6. The van der Waals surface area contributed by atoms with E-state index in [-0.39, 0.29) is 0 Å². The second-order valence-electron chi connectivity index (χ2n) is 5.86. The van der Waals surface area contributed by atoms with Gasteiger partial charge in [-0.15, -0.1) is 11.8 Å². The van der Waals surface area contributed by atoms with Gasteiger partial charge in [-0.2, -0.15) is 0 Å². The lowest BCUT2D eigenvalue weighted by Gasteiger charge is -2.47. The molecule has 0 saturated carbocycles. The summed E-state index contributed by atoms with van der Waals surface area (Å²) in [5, 5.41) is 0. The molecule has 1 atom stereocenters. The van der Waals surface area contributed by atoms with E-state index in [0.717, 1.165) is 36.9 Å². The highest BCUT2D eigenvalue weighted by atomic mass is 32.2. The predicted octanol–water partition coefficient (Wildman–Crippen LogP) is 2.15. The summed E-state index contributed by atoms with van der Waals surface area (Å²) in [4.78, 5) is 15.2. The maximum Gasteiger partial charge on any atom is 0.225 e. The number of hydrogen-bond donors (Lipinski definition) is 0. The van der Waals surface area contributed by atoms with Gasteiger partial charge in [-0.25, -0.2) is 9.97 Å². The summed E-state index contributed by atoms with van der Waals surface area (Å²) in [6.07, 6.45) is 6.84. The van der Waals surface area contributed by atoms with Crippen molar-refractivity contribution in [3.63, 3.8) is 0 Å². The molecule has 0 aromatic carbocycles. The molecule has 5 nitrogen and oxygen atoms in total. The molecule has 2 aliphatic heterocycles. The molecule has 0 amide bonds. The molecule has 2 saturated heterocycles. The molecule has 0 radical (unpaired) electrons. The Hall–Kier alpha value is -1.66. The molecular weight excluding hydrogens is 296 g/mol. The smallest absolute Gasteiger partial charge is 0.225 e. The number of nitrogens with zero attached hydrogens (tertiary/aromatic N) is 4. The normalized spacial score (nSPS) is 22.7. The van der Waals surface area contributed by atoms with Gasteiger partial charge in [0.1, 0.15) is 0 Å². The molecule has 4 rings (SSSR count). The quantitative estimate of drug-likeness (QED) is 0.862. The maximum atomic E-state index is 6.03. The summed E-state index contributed by atoms with van der Waals surface area (Å²) in [7, 11) is 0. The lowest BCUT2D eigenvalue weighted by atomic mass is 9.93. The highest BCUT2D eigenvalue weighted by Gasteiger charge is 2.50. The van der Waals surface area contributed by atoms with E-state index in [1.54, 1.807) is 12.4 Å². The Morgan fingerprint density at radius 2 is 1.95 bits per heavy atom. The van der Waals surface area contributed by atoms with Crippen LogP contribution in [0, 0.1) is 0 Å². The van der Waals surface area contributed by atoms with E-state index in [4.69, 9.17) is 4.74 Å². The zero-order valence-electron chi connectivity index (χ0n) is 12.3. The number of aromatic nitrogens is 3. The van der Waals surface area contributed by atoms with Crippen molar-refractivity contribution in [2.45, 2.75) is 23.9 Å². The molecule has 0 aliphatic carbocycles. The SMILES string of the molecule is c1ccc(CO[C@H]2CSC3(C2)CN(c2ncccn2)C3)nc1. The first-order chi connectivity index (χ1) is 10.8. The Morgan fingerprint density at radius 3 is 2.73 bits per heavy atom. The van der Waals surface area contributed by atoms with E-state index in [0.29, 0.717) is 17.5 Å². The number of thioether (sulfide) groups is 1. The predicted molar refractivity (Wildman–Crippen MR) is 86.9 cm³/mol. The van der Waals surface area contributed by atoms with Gasteiger partial charge in [0.2, 0.25) is 5.95 Å². The van der Waals surface area contributed by atoms with E-state index >= 15 is 0 Å². The van der Waals surface area contributed by atoms with Crippen LogP contribution in [-0.4, -0.2) is 44.6 Å². The Bertz CT molecular complexity index is 619. The molecule has 6 heteroatoms. The van der Waals surface area contributed by atoms with Crippen LogP contribution in [0.3, 0.4) is 0 Å². The van der Waals surface area contributed by atoms with Gasteiger partial charge in [-0.05, 0) is 24.6 Å². The Morgan fingerprint density at radius 1 is 1.14 bits per heavy atom. The van der Waals surface area contributed by atoms with Gasteiger partial charge < -0.3 is 9.64 Å². The third-order valence-electron chi connectivity index (χ3n) is 4.16. The third-order valence-corrected chi connectivity index (χ3v) is 5.74. The van der Waals surface area contributed by atoms with Crippen LogP contribution in [-0.2, 0) is 11.3 Å². The van der Waals surface area contributed by atoms with Gasteiger partial charge in [0, 0.05) is 37.4 Å². The second-order valence-corrected chi connectivity index (χ2v) is 7.35. The molecule has 114 valence electrons. The van der Waals surface area contributed by atoms with E-state index in [1.807, 2.05) is 42.2 Å². The molecule has 2 fully saturated rings. The molecule has 0 unspecified atom stereocenters. The molecular formula is C16H18N4OS. The Kier molecular flexibility index (Phi) is 3.72. The topological polar surface area (TPSA) is 51.1 Å². The van der Waals surface area contributed by atoms with Crippen molar-refractivity contribution in [2.24, 2.45) is 0 Å². The lowest BCUT2D eigenvalue weighted by molar-refractivity contribution is 0.0458. The van der Waals surface area contributed by atoms with Crippen LogP contribution in [0.15, 0.2) is 42.9 Å². The molecule has 0 N–H and O–H groups in total. The summed E-state index contributed by atoms with van der Waals surface area (Å²) >= 11 is 2.03. The third kappa shape index (κ3) is 2.80. The van der Waals surface area contributed by atoms with Crippen molar-refractivity contribution in [3.05, 3.63) is 48.5 Å². The molecule has 22 heavy (non-hydrogen) atoms. The monoisotopic (exact) mass is 314 g/mol. The van der Waals surface area contributed by atoms with Crippen LogP contribution in [0.4, 0.5) is 5.95 Å². The first-order valence-electron chi connectivity index (χ1n) is 7.50. The van der Waals surface area contributed by atoms with Gasteiger partial charge in [0.25, 0.3) is 0 Å². The minimum Gasteiger partial charge on any atom is -0.371 e. The summed E-state index contributed by atoms with van der Waals surface area (Å²) < 4.78 is 6.36. The Labute approximate surface area is 134 Å². The number of rotatable bonds is 4. The van der Waals surface area contributed by atoms with Crippen molar-refractivity contribution in [1.82, 2.24) is 15.0 Å². The van der Waals surface area contributed by atoms with E-state index in [2.05, 4.69) is 19.9 Å². The fourth-order valence-corrected chi connectivity index (χ4v) is 4.61. The van der Waals surface area contributed by atoms with E-state index in [9.17, 15) is 0 Å². The average molecular weight is 314 g/mol. The average Bonchev–Trinajstić information content (AvgIpc) is 2.98. The fourth-order valence-electron chi connectivity index (χ4n) is 3.06. The van der Waals surface area contributed by atoms with Gasteiger partial charge >= 0.3 is 0 Å². The van der Waals surface area contributed by atoms with Crippen LogP contribution in [0.2, 0.25) is 0 Å². The number of pyridine rings is 1. The summed E-state index contributed by atoms with van der Waals surface area (Å²) in [6.45, 7) is 2.64. The van der Waals surface area contributed by atoms with Gasteiger partial charge in [-0.1, -0.05) is 6.07 Å². The Balaban J connectivity index is 1.29. The van der Waals surface area contributed by atoms with Gasteiger partial charge in [-0.3, -0.25) is 4.98 Å².